The molecule has 102 valence electrons. The summed E-state index contributed by atoms with van der Waals surface area (Å²) in [7, 11) is 0. The molecule has 1 amide bonds. The number of amides is 1. The maximum atomic E-state index is 13.2. The number of nitrogen functional groups attached to an aromatic ring is 1. The van der Waals surface area contributed by atoms with Gasteiger partial charge in [-0.2, -0.15) is 0 Å². The highest BCUT2D eigenvalue weighted by molar-refractivity contribution is 7.99. The van der Waals surface area contributed by atoms with Crippen LogP contribution >= 0.6 is 11.8 Å². The summed E-state index contributed by atoms with van der Waals surface area (Å²) in [5.74, 6) is -0.260. The highest BCUT2D eigenvalue weighted by atomic mass is 32.2. The summed E-state index contributed by atoms with van der Waals surface area (Å²) in [6.07, 6.45) is 1.19. The van der Waals surface area contributed by atoms with Gasteiger partial charge in [0.15, 0.2) is 0 Å². The van der Waals surface area contributed by atoms with Gasteiger partial charge in [0.05, 0.1) is 0 Å². The Hall–Kier alpha value is -2.01. The molecule has 2 aromatic carbocycles. The van der Waals surface area contributed by atoms with Gasteiger partial charge in [-0.05, 0) is 42.3 Å². The standard InChI is InChI=1S/C15H13FN2OS/c16-10-2-1-3-11(7-10)20-14-8-13-9(6-12(14)17)4-5-15(19)18-13/h1-3,6-8H,4-5,17H2,(H,18,19). The van der Waals surface area contributed by atoms with Gasteiger partial charge in [0.1, 0.15) is 5.82 Å². The zero-order chi connectivity index (χ0) is 14.1. The molecule has 0 atom stereocenters. The van der Waals surface area contributed by atoms with Gasteiger partial charge in [0.2, 0.25) is 5.91 Å². The van der Waals surface area contributed by atoms with Crippen molar-refractivity contribution >= 4 is 29.0 Å². The number of nitrogens with two attached hydrogens (primary N) is 1. The van der Waals surface area contributed by atoms with Crippen molar-refractivity contribution in [2.24, 2.45) is 0 Å². The molecular weight excluding hydrogens is 275 g/mol. The fourth-order valence-electron chi connectivity index (χ4n) is 2.17. The van der Waals surface area contributed by atoms with Crippen LogP contribution in [0.2, 0.25) is 0 Å². The average molecular weight is 288 g/mol. The lowest BCUT2D eigenvalue weighted by molar-refractivity contribution is -0.116. The first kappa shape index (κ1) is 13.0. The average Bonchev–Trinajstić information content (AvgIpc) is 2.40. The number of halogens is 1. The molecular formula is C15H13FN2OS. The highest BCUT2D eigenvalue weighted by Crippen LogP contribution is 2.37. The molecule has 0 bridgehead atoms. The van der Waals surface area contributed by atoms with E-state index in [2.05, 4.69) is 5.32 Å². The topological polar surface area (TPSA) is 55.1 Å². The Morgan fingerprint density at radius 1 is 1.20 bits per heavy atom. The van der Waals surface area contributed by atoms with E-state index < -0.39 is 0 Å². The van der Waals surface area contributed by atoms with Gasteiger partial charge >= 0.3 is 0 Å². The van der Waals surface area contributed by atoms with Crippen LogP contribution in [0, 0.1) is 5.82 Å². The SMILES string of the molecule is Nc1cc2c(cc1Sc1cccc(F)c1)NC(=O)CC2. The number of carbonyl (C=O) groups is 1. The van der Waals surface area contributed by atoms with E-state index in [0.717, 1.165) is 21.0 Å². The zero-order valence-electron chi connectivity index (χ0n) is 10.7. The fourth-order valence-corrected chi connectivity index (χ4v) is 3.10. The maximum absolute atomic E-state index is 13.2. The Balaban J connectivity index is 1.94. The lowest BCUT2D eigenvalue weighted by Crippen LogP contribution is -2.19. The normalized spacial score (nSPS) is 13.8. The number of anilines is 2. The molecule has 3 nitrogen and oxygen atoms in total. The smallest absolute Gasteiger partial charge is 0.224 e. The molecule has 3 N–H and O–H groups in total. The Bertz CT molecular complexity index is 688. The van der Waals surface area contributed by atoms with Crippen LogP contribution in [0.3, 0.4) is 0 Å². The number of carbonyl (C=O) groups excluding carboxylic acids is 1. The molecule has 0 aliphatic carbocycles. The van der Waals surface area contributed by atoms with Gasteiger partial charge in [0.25, 0.3) is 0 Å². The first-order chi connectivity index (χ1) is 9.61. The van der Waals surface area contributed by atoms with E-state index >= 15 is 0 Å². The zero-order valence-corrected chi connectivity index (χ0v) is 11.5. The number of nitrogens with one attached hydrogen (secondary N) is 1. The van der Waals surface area contributed by atoms with E-state index in [1.807, 2.05) is 18.2 Å². The van der Waals surface area contributed by atoms with Gasteiger partial charge < -0.3 is 11.1 Å². The Morgan fingerprint density at radius 3 is 2.85 bits per heavy atom. The summed E-state index contributed by atoms with van der Waals surface area (Å²) in [6.45, 7) is 0. The monoisotopic (exact) mass is 288 g/mol. The van der Waals surface area contributed by atoms with Crippen molar-refractivity contribution in [3.8, 4) is 0 Å². The maximum Gasteiger partial charge on any atom is 0.224 e. The van der Waals surface area contributed by atoms with Crippen LogP contribution in [0.15, 0.2) is 46.2 Å². The molecule has 0 spiro atoms. The summed E-state index contributed by atoms with van der Waals surface area (Å²) in [6, 6.07) is 10.1. The third-order valence-electron chi connectivity index (χ3n) is 3.16. The van der Waals surface area contributed by atoms with Crippen molar-refractivity contribution in [3.05, 3.63) is 47.8 Å². The lowest BCUT2D eigenvalue weighted by Gasteiger charge is -2.19. The molecule has 0 unspecified atom stereocenters. The largest absolute Gasteiger partial charge is 0.398 e. The molecule has 2 aromatic rings. The van der Waals surface area contributed by atoms with Crippen molar-refractivity contribution in [1.29, 1.82) is 0 Å². The molecule has 0 saturated heterocycles. The van der Waals surface area contributed by atoms with Crippen LogP contribution in [0.1, 0.15) is 12.0 Å². The second-order valence-corrected chi connectivity index (χ2v) is 5.77. The minimum Gasteiger partial charge on any atom is -0.398 e. The van der Waals surface area contributed by atoms with Crippen LogP contribution in [0.5, 0.6) is 0 Å². The molecule has 20 heavy (non-hydrogen) atoms. The lowest BCUT2D eigenvalue weighted by atomic mass is 10.0. The van der Waals surface area contributed by atoms with Gasteiger partial charge in [0, 0.05) is 27.6 Å². The summed E-state index contributed by atoms with van der Waals surface area (Å²) in [4.78, 5) is 13.0. The predicted molar refractivity (Wildman–Crippen MR) is 78.3 cm³/mol. The molecule has 3 rings (SSSR count). The van der Waals surface area contributed by atoms with E-state index in [9.17, 15) is 9.18 Å². The number of hydrogen-bond acceptors (Lipinski definition) is 3. The van der Waals surface area contributed by atoms with Gasteiger partial charge in [-0.15, -0.1) is 0 Å². The van der Waals surface area contributed by atoms with Gasteiger partial charge in [-0.3, -0.25) is 4.79 Å². The number of aryl methyl sites for hydroxylation is 1. The third-order valence-corrected chi connectivity index (χ3v) is 4.22. The molecule has 1 aliphatic heterocycles. The molecule has 0 radical (unpaired) electrons. The van der Waals surface area contributed by atoms with Crippen molar-refractivity contribution < 1.29 is 9.18 Å². The summed E-state index contributed by atoms with van der Waals surface area (Å²) in [5, 5.41) is 2.84. The Morgan fingerprint density at radius 2 is 2.05 bits per heavy atom. The van der Waals surface area contributed by atoms with E-state index in [1.165, 1.54) is 23.9 Å². The molecule has 0 aromatic heterocycles. The van der Waals surface area contributed by atoms with E-state index in [1.54, 1.807) is 6.07 Å². The van der Waals surface area contributed by atoms with E-state index in [0.29, 0.717) is 18.5 Å². The summed E-state index contributed by atoms with van der Waals surface area (Å²) >= 11 is 1.39. The van der Waals surface area contributed by atoms with Crippen LogP contribution in [0.25, 0.3) is 0 Å². The van der Waals surface area contributed by atoms with Gasteiger partial charge in [-0.1, -0.05) is 17.8 Å². The fraction of sp³-hybridized carbons (Fsp3) is 0.133. The van der Waals surface area contributed by atoms with Crippen molar-refractivity contribution in [2.45, 2.75) is 22.6 Å². The molecule has 0 saturated carbocycles. The Kier molecular flexibility index (Phi) is 3.36. The van der Waals surface area contributed by atoms with E-state index in [-0.39, 0.29) is 11.7 Å². The van der Waals surface area contributed by atoms with Crippen molar-refractivity contribution in [1.82, 2.24) is 0 Å². The molecule has 1 heterocycles. The number of fused-ring (bicyclic) bond motifs is 1. The quantitative estimate of drug-likeness (QED) is 0.832. The minimum atomic E-state index is -0.278. The van der Waals surface area contributed by atoms with Crippen LogP contribution < -0.4 is 11.1 Å². The summed E-state index contributed by atoms with van der Waals surface area (Å²) in [5.41, 5.74) is 8.53. The van der Waals surface area contributed by atoms with Crippen molar-refractivity contribution in [2.75, 3.05) is 11.1 Å². The molecule has 5 heteroatoms. The Labute approximate surface area is 120 Å². The van der Waals surface area contributed by atoms with Gasteiger partial charge in [-0.25, -0.2) is 4.39 Å². The molecule has 1 aliphatic rings. The first-order valence-electron chi connectivity index (χ1n) is 6.27. The van der Waals surface area contributed by atoms with Crippen LogP contribution in [-0.2, 0) is 11.2 Å². The summed E-state index contributed by atoms with van der Waals surface area (Å²) < 4.78 is 13.2. The second-order valence-electron chi connectivity index (χ2n) is 4.65. The second kappa shape index (κ2) is 5.17. The number of hydrogen-bond donors (Lipinski definition) is 2. The highest BCUT2D eigenvalue weighted by Gasteiger charge is 2.17. The van der Waals surface area contributed by atoms with Crippen LogP contribution in [-0.4, -0.2) is 5.91 Å². The third kappa shape index (κ3) is 2.63. The van der Waals surface area contributed by atoms with Crippen molar-refractivity contribution in [3.63, 3.8) is 0 Å². The minimum absolute atomic E-state index is 0.0176. The molecule has 0 fully saturated rings. The van der Waals surface area contributed by atoms with E-state index in [4.69, 9.17) is 5.73 Å². The number of benzene rings is 2. The number of rotatable bonds is 2. The first-order valence-corrected chi connectivity index (χ1v) is 7.09. The predicted octanol–water partition coefficient (Wildman–Crippen LogP) is 3.44. The van der Waals surface area contributed by atoms with Crippen LogP contribution in [0.4, 0.5) is 15.8 Å².